The molecule has 0 spiro atoms. The van der Waals surface area contributed by atoms with Crippen LogP contribution in [0.3, 0.4) is 0 Å². The average Bonchev–Trinajstić information content (AvgIpc) is 2.19. The van der Waals surface area contributed by atoms with E-state index in [0.717, 1.165) is 6.42 Å². The molecule has 96 valence electrons. The van der Waals surface area contributed by atoms with Crippen LogP contribution in [0.2, 0.25) is 0 Å². The van der Waals surface area contributed by atoms with E-state index in [2.05, 4.69) is 24.4 Å². The standard InChI is InChI=1S/C12H20N2O2S/c1-10-5-3-4-6-12(10)9-11(2)14-7-8-17(13,15)16/h3-6,11,14H,7-9H2,1-2H3,(H2,13,15,16). The normalized spacial score (nSPS) is 13.6. The number of nitrogens with two attached hydrogens (primary N) is 1. The van der Waals surface area contributed by atoms with Gasteiger partial charge < -0.3 is 5.32 Å². The van der Waals surface area contributed by atoms with Gasteiger partial charge in [0.15, 0.2) is 0 Å². The van der Waals surface area contributed by atoms with Crippen LogP contribution in [0.1, 0.15) is 18.1 Å². The molecule has 4 nitrogen and oxygen atoms in total. The van der Waals surface area contributed by atoms with Gasteiger partial charge in [0.25, 0.3) is 0 Å². The van der Waals surface area contributed by atoms with Gasteiger partial charge in [-0.1, -0.05) is 24.3 Å². The molecule has 0 bridgehead atoms. The summed E-state index contributed by atoms with van der Waals surface area (Å²) in [6.07, 6.45) is 0.886. The van der Waals surface area contributed by atoms with Gasteiger partial charge in [0.1, 0.15) is 0 Å². The van der Waals surface area contributed by atoms with E-state index in [9.17, 15) is 8.42 Å². The lowest BCUT2D eigenvalue weighted by atomic mass is 10.0. The number of sulfonamides is 1. The Morgan fingerprint density at radius 3 is 2.59 bits per heavy atom. The van der Waals surface area contributed by atoms with Crippen molar-refractivity contribution in [2.45, 2.75) is 26.3 Å². The van der Waals surface area contributed by atoms with E-state index in [1.165, 1.54) is 11.1 Å². The molecule has 0 radical (unpaired) electrons. The number of benzene rings is 1. The van der Waals surface area contributed by atoms with E-state index in [0.29, 0.717) is 6.54 Å². The van der Waals surface area contributed by atoms with Crippen LogP contribution in [-0.4, -0.2) is 26.8 Å². The SMILES string of the molecule is Cc1ccccc1CC(C)NCCS(N)(=O)=O. The van der Waals surface area contributed by atoms with Crippen LogP contribution >= 0.6 is 0 Å². The van der Waals surface area contributed by atoms with Crippen LogP contribution in [-0.2, 0) is 16.4 Å². The highest BCUT2D eigenvalue weighted by Gasteiger charge is 2.07. The number of primary sulfonamides is 1. The van der Waals surface area contributed by atoms with E-state index >= 15 is 0 Å². The quantitative estimate of drug-likeness (QED) is 0.791. The third kappa shape index (κ3) is 5.81. The van der Waals surface area contributed by atoms with Crippen molar-refractivity contribution in [1.29, 1.82) is 0 Å². The van der Waals surface area contributed by atoms with Crippen molar-refractivity contribution >= 4 is 10.0 Å². The van der Waals surface area contributed by atoms with Crippen molar-refractivity contribution in [2.75, 3.05) is 12.3 Å². The highest BCUT2D eigenvalue weighted by molar-refractivity contribution is 7.89. The first kappa shape index (κ1) is 14.2. The maximum Gasteiger partial charge on any atom is 0.210 e. The summed E-state index contributed by atoms with van der Waals surface area (Å²) in [5.74, 6) is -0.0227. The summed E-state index contributed by atoms with van der Waals surface area (Å²) in [4.78, 5) is 0. The lowest BCUT2D eigenvalue weighted by molar-refractivity contribution is 0.554. The van der Waals surface area contributed by atoms with Gasteiger partial charge in [0.2, 0.25) is 10.0 Å². The second-order valence-corrected chi connectivity index (χ2v) is 6.09. The number of hydrogen-bond acceptors (Lipinski definition) is 3. The Hall–Kier alpha value is -0.910. The van der Waals surface area contributed by atoms with Crippen molar-refractivity contribution in [3.8, 4) is 0 Å². The predicted molar refractivity (Wildman–Crippen MR) is 70.3 cm³/mol. The first-order valence-electron chi connectivity index (χ1n) is 5.67. The molecule has 0 saturated carbocycles. The van der Waals surface area contributed by atoms with E-state index in [1.807, 2.05) is 19.1 Å². The van der Waals surface area contributed by atoms with Crippen molar-refractivity contribution in [3.05, 3.63) is 35.4 Å². The van der Waals surface area contributed by atoms with E-state index in [1.54, 1.807) is 0 Å². The van der Waals surface area contributed by atoms with Gasteiger partial charge in [-0.25, -0.2) is 13.6 Å². The van der Waals surface area contributed by atoms with Gasteiger partial charge in [-0.3, -0.25) is 0 Å². The first-order valence-corrected chi connectivity index (χ1v) is 7.38. The summed E-state index contributed by atoms with van der Waals surface area (Å²) in [6.45, 7) is 4.51. The van der Waals surface area contributed by atoms with Gasteiger partial charge in [-0.05, 0) is 31.4 Å². The Balaban J connectivity index is 2.40. The summed E-state index contributed by atoms with van der Waals surface area (Å²) in [5.41, 5.74) is 2.54. The van der Waals surface area contributed by atoms with Crippen LogP contribution < -0.4 is 10.5 Å². The second-order valence-electron chi connectivity index (χ2n) is 4.35. The molecule has 0 heterocycles. The molecule has 0 aliphatic carbocycles. The molecule has 0 saturated heterocycles. The zero-order chi connectivity index (χ0) is 12.9. The van der Waals surface area contributed by atoms with Crippen molar-refractivity contribution < 1.29 is 8.42 Å². The molecule has 0 fully saturated rings. The average molecular weight is 256 g/mol. The van der Waals surface area contributed by atoms with Crippen LogP contribution in [0.4, 0.5) is 0 Å². The zero-order valence-corrected chi connectivity index (χ0v) is 11.1. The molecule has 0 aromatic heterocycles. The molecule has 17 heavy (non-hydrogen) atoms. The molecule has 1 aromatic carbocycles. The molecule has 0 aliphatic rings. The van der Waals surface area contributed by atoms with Crippen molar-refractivity contribution in [1.82, 2.24) is 5.32 Å². The fourth-order valence-electron chi connectivity index (χ4n) is 1.69. The molecule has 1 aromatic rings. The fraction of sp³-hybridized carbons (Fsp3) is 0.500. The molecule has 0 aliphatic heterocycles. The summed E-state index contributed by atoms with van der Waals surface area (Å²) in [6, 6.07) is 8.43. The third-order valence-electron chi connectivity index (χ3n) is 2.67. The lowest BCUT2D eigenvalue weighted by Gasteiger charge is -2.14. The molecule has 5 heteroatoms. The first-order chi connectivity index (χ1) is 7.88. The van der Waals surface area contributed by atoms with Crippen LogP contribution in [0, 0.1) is 6.92 Å². The maximum absolute atomic E-state index is 10.8. The highest BCUT2D eigenvalue weighted by Crippen LogP contribution is 2.09. The van der Waals surface area contributed by atoms with Crippen LogP contribution in [0.15, 0.2) is 24.3 Å². The summed E-state index contributed by atoms with van der Waals surface area (Å²) >= 11 is 0. The number of nitrogens with one attached hydrogen (secondary N) is 1. The Morgan fingerprint density at radius 1 is 1.35 bits per heavy atom. The topological polar surface area (TPSA) is 72.2 Å². The largest absolute Gasteiger partial charge is 0.313 e. The van der Waals surface area contributed by atoms with Crippen molar-refractivity contribution in [2.24, 2.45) is 5.14 Å². The second kappa shape index (κ2) is 6.14. The predicted octanol–water partition coefficient (Wildman–Crippen LogP) is 0.804. The van der Waals surface area contributed by atoms with Gasteiger partial charge in [0, 0.05) is 12.6 Å². The molecule has 1 atom stereocenters. The number of hydrogen-bond donors (Lipinski definition) is 2. The number of aryl methyl sites for hydroxylation is 1. The van der Waals surface area contributed by atoms with E-state index < -0.39 is 10.0 Å². The molecule has 3 N–H and O–H groups in total. The minimum absolute atomic E-state index is 0.0227. The summed E-state index contributed by atoms with van der Waals surface area (Å²) < 4.78 is 21.5. The molecule has 0 amide bonds. The van der Waals surface area contributed by atoms with E-state index in [4.69, 9.17) is 5.14 Å². The van der Waals surface area contributed by atoms with Crippen molar-refractivity contribution in [3.63, 3.8) is 0 Å². The molecule has 1 rings (SSSR count). The fourth-order valence-corrected chi connectivity index (χ4v) is 2.09. The Kier molecular flexibility index (Phi) is 5.11. The monoisotopic (exact) mass is 256 g/mol. The summed E-state index contributed by atoms with van der Waals surface area (Å²) in [5, 5.41) is 8.09. The van der Waals surface area contributed by atoms with Gasteiger partial charge in [-0.2, -0.15) is 0 Å². The van der Waals surface area contributed by atoms with E-state index in [-0.39, 0.29) is 11.8 Å². The van der Waals surface area contributed by atoms with Crippen LogP contribution in [0.5, 0.6) is 0 Å². The third-order valence-corrected chi connectivity index (χ3v) is 3.44. The smallest absolute Gasteiger partial charge is 0.210 e. The molecule has 1 unspecified atom stereocenters. The Labute approximate surface area is 103 Å². The maximum atomic E-state index is 10.8. The lowest BCUT2D eigenvalue weighted by Crippen LogP contribution is -2.34. The zero-order valence-electron chi connectivity index (χ0n) is 10.3. The van der Waals surface area contributed by atoms with Crippen LogP contribution in [0.25, 0.3) is 0 Å². The van der Waals surface area contributed by atoms with Gasteiger partial charge in [-0.15, -0.1) is 0 Å². The van der Waals surface area contributed by atoms with Gasteiger partial charge in [0.05, 0.1) is 5.75 Å². The summed E-state index contributed by atoms with van der Waals surface area (Å²) in [7, 11) is -3.36. The molecular weight excluding hydrogens is 236 g/mol. The molecular formula is C12H20N2O2S. The number of rotatable bonds is 6. The Morgan fingerprint density at radius 2 is 2.00 bits per heavy atom. The highest BCUT2D eigenvalue weighted by atomic mass is 32.2. The minimum atomic E-state index is -3.36. The Bertz CT molecular complexity index is 457. The minimum Gasteiger partial charge on any atom is -0.313 e. The van der Waals surface area contributed by atoms with Gasteiger partial charge >= 0.3 is 0 Å².